The van der Waals surface area contributed by atoms with Gasteiger partial charge in [-0.05, 0) is 18.6 Å². The second-order valence-electron chi connectivity index (χ2n) is 2.44. The molecule has 0 N–H and O–H groups in total. The van der Waals surface area contributed by atoms with E-state index in [1.807, 2.05) is 0 Å². The van der Waals surface area contributed by atoms with Gasteiger partial charge in [0, 0.05) is 6.07 Å². The van der Waals surface area contributed by atoms with Crippen LogP contribution in [0.25, 0.3) is 0 Å². The lowest BCUT2D eigenvalue weighted by molar-refractivity contribution is -0.385. The number of hydrogen-bond acceptors (Lipinski definition) is 4. The Morgan fingerprint density at radius 2 is 2.23 bits per heavy atom. The summed E-state index contributed by atoms with van der Waals surface area (Å²) in [4.78, 5) is 19.8. The summed E-state index contributed by atoms with van der Waals surface area (Å²) in [6.07, 6.45) is 0. The monoisotopic (exact) mass is 181 g/mol. The van der Waals surface area contributed by atoms with Crippen molar-refractivity contribution in [3.05, 3.63) is 33.9 Å². The zero-order valence-electron chi connectivity index (χ0n) is 6.89. The summed E-state index contributed by atoms with van der Waals surface area (Å²) in [5.41, 5.74) is 0.583. The molecule has 5 heteroatoms. The number of nitro groups is 1. The quantitative estimate of drug-likeness (QED) is 0.402. The van der Waals surface area contributed by atoms with Gasteiger partial charge in [-0.3, -0.25) is 14.9 Å². The predicted molar refractivity (Wildman–Crippen MR) is 44.5 cm³/mol. The van der Waals surface area contributed by atoms with E-state index in [1.54, 1.807) is 13.0 Å². The minimum Gasteiger partial charge on any atom is -0.421 e. The van der Waals surface area contributed by atoms with Crippen molar-refractivity contribution in [2.45, 2.75) is 6.92 Å². The summed E-state index contributed by atoms with van der Waals surface area (Å²) in [6, 6.07) is 4.32. The molecular weight excluding hydrogens is 174 g/mol. The van der Waals surface area contributed by atoms with Crippen molar-refractivity contribution in [3.8, 4) is 5.75 Å². The molecule has 13 heavy (non-hydrogen) atoms. The molecule has 0 aliphatic carbocycles. The van der Waals surface area contributed by atoms with Crippen LogP contribution in [0.4, 0.5) is 5.69 Å². The first-order chi connectivity index (χ1) is 6.15. The summed E-state index contributed by atoms with van der Waals surface area (Å²) in [5.74, 6) is -0.0278. The average molecular weight is 181 g/mol. The van der Waals surface area contributed by atoms with Gasteiger partial charge in [-0.25, -0.2) is 0 Å². The lowest BCUT2D eigenvalue weighted by Crippen LogP contribution is -1.96. The van der Waals surface area contributed by atoms with Crippen LogP contribution in [-0.2, 0) is 4.79 Å². The fourth-order valence-electron chi connectivity index (χ4n) is 0.918. The SMILES string of the molecule is Cc1ccc([N+](=O)[O-])c(OC=O)c1. The first-order valence-corrected chi connectivity index (χ1v) is 3.50. The van der Waals surface area contributed by atoms with Crippen molar-refractivity contribution in [2.24, 2.45) is 0 Å². The molecule has 0 radical (unpaired) electrons. The minimum atomic E-state index is -0.599. The number of nitro benzene ring substituents is 1. The number of carbonyl (C=O) groups is 1. The summed E-state index contributed by atoms with van der Waals surface area (Å²) >= 11 is 0. The van der Waals surface area contributed by atoms with Crippen LogP contribution in [0.3, 0.4) is 0 Å². The topological polar surface area (TPSA) is 69.4 Å². The number of hydrogen-bond donors (Lipinski definition) is 0. The van der Waals surface area contributed by atoms with Crippen molar-refractivity contribution in [1.29, 1.82) is 0 Å². The van der Waals surface area contributed by atoms with Gasteiger partial charge >= 0.3 is 5.69 Å². The Hall–Kier alpha value is -1.91. The second kappa shape index (κ2) is 3.66. The Morgan fingerprint density at radius 1 is 1.54 bits per heavy atom. The first kappa shape index (κ1) is 9.18. The van der Waals surface area contributed by atoms with E-state index in [0.29, 0.717) is 0 Å². The van der Waals surface area contributed by atoms with Crippen LogP contribution in [0.15, 0.2) is 18.2 Å². The largest absolute Gasteiger partial charge is 0.421 e. The minimum absolute atomic E-state index is 0.0278. The molecule has 5 nitrogen and oxygen atoms in total. The highest BCUT2D eigenvalue weighted by Crippen LogP contribution is 2.26. The molecule has 0 amide bonds. The van der Waals surface area contributed by atoms with Crippen molar-refractivity contribution in [3.63, 3.8) is 0 Å². The molecule has 0 aromatic heterocycles. The van der Waals surface area contributed by atoms with Gasteiger partial charge in [0.05, 0.1) is 4.92 Å². The molecule has 0 spiro atoms. The van der Waals surface area contributed by atoms with Gasteiger partial charge in [0.1, 0.15) is 0 Å². The van der Waals surface area contributed by atoms with Crippen molar-refractivity contribution < 1.29 is 14.5 Å². The molecule has 0 heterocycles. The number of rotatable bonds is 3. The highest BCUT2D eigenvalue weighted by Gasteiger charge is 2.14. The maximum absolute atomic E-state index is 10.4. The number of ether oxygens (including phenoxy) is 1. The van der Waals surface area contributed by atoms with Gasteiger partial charge in [0.25, 0.3) is 6.47 Å². The van der Waals surface area contributed by atoms with Crippen LogP contribution in [0.2, 0.25) is 0 Å². The summed E-state index contributed by atoms with van der Waals surface area (Å²) in [6.45, 7) is 1.92. The molecule has 0 atom stereocenters. The van der Waals surface area contributed by atoms with Gasteiger partial charge in [-0.1, -0.05) is 6.07 Å². The third-order valence-corrected chi connectivity index (χ3v) is 1.49. The zero-order chi connectivity index (χ0) is 9.84. The highest BCUT2D eigenvalue weighted by molar-refractivity contribution is 5.55. The standard InChI is InChI=1S/C8H7NO4/c1-6-2-3-7(9(11)12)8(4-6)13-5-10/h2-5H,1H3. The fraction of sp³-hybridized carbons (Fsp3) is 0.125. The first-order valence-electron chi connectivity index (χ1n) is 3.50. The molecule has 0 saturated heterocycles. The summed E-state index contributed by atoms with van der Waals surface area (Å²) in [7, 11) is 0. The number of nitrogens with zero attached hydrogens (tertiary/aromatic N) is 1. The molecule has 0 unspecified atom stereocenters. The van der Waals surface area contributed by atoms with Gasteiger partial charge < -0.3 is 4.74 Å². The summed E-state index contributed by atoms with van der Waals surface area (Å²) < 4.78 is 4.46. The molecule has 0 saturated carbocycles. The molecular formula is C8H7NO4. The van der Waals surface area contributed by atoms with E-state index in [1.165, 1.54) is 12.1 Å². The van der Waals surface area contributed by atoms with E-state index in [2.05, 4.69) is 4.74 Å². The highest BCUT2D eigenvalue weighted by atomic mass is 16.6. The predicted octanol–water partition coefficient (Wildman–Crippen LogP) is 1.44. The zero-order valence-corrected chi connectivity index (χ0v) is 6.89. The van der Waals surface area contributed by atoms with E-state index >= 15 is 0 Å². The van der Waals surface area contributed by atoms with Crippen LogP contribution in [0, 0.1) is 17.0 Å². The summed E-state index contributed by atoms with van der Waals surface area (Å²) in [5, 5.41) is 10.4. The molecule has 1 aromatic rings. The molecule has 0 aliphatic heterocycles. The van der Waals surface area contributed by atoms with E-state index < -0.39 is 4.92 Å². The van der Waals surface area contributed by atoms with Crippen LogP contribution in [0.5, 0.6) is 5.75 Å². The van der Waals surface area contributed by atoms with Crippen molar-refractivity contribution >= 4 is 12.2 Å². The van der Waals surface area contributed by atoms with Gasteiger partial charge in [-0.2, -0.15) is 0 Å². The number of aryl methyl sites for hydroxylation is 1. The molecule has 68 valence electrons. The second-order valence-corrected chi connectivity index (χ2v) is 2.44. The Kier molecular flexibility index (Phi) is 2.59. The lowest BCUT2D eigenvalue weighted by Gasteiger charge is -2.00. The molecule has 0 aliphatic rings. The molecule has 1 aromatic carbocycles. The lowest BCUT2D eigenvalue weighted by atomic mass is 10.2. The van der Waals surface area contributed by atoms with E-state index in [4.69, 9.17) is 0 Å². The van der Waals surface area contributed by atoms with Crippen LogP contribution < -0.4 is 4.74 Å². The normalized spacial score (nSPS) is 9.31. The smallest absolute Gasteiger partial charge is 0.311 e. The van der Waals surface area contributed by atoms with Crippen LogP contribution in [-0.4, -0.2) is 11.4 Å². The number of benzene rings is 1. The van der Waals surface area contributed by atoms with Crippen molar-refractivity contribution in [2.75, 3.05) is 0 Å². The Labute approximate surface area is 74.1 Å². The van der Waals surface area contributed by atoms with Gasteiger partial charge in [-0.15, -0.1) is 0 Å². The maximum Gasteiger partial charge on any atom is 0.311 e. The third kappa shape index (κ3) is 2.02. The van der Waals surface area contributed by atoms with Gasteiger partial charge in [0.15, 0.2) is 0 Å². The molecule has 0 bridgehead atoms. The fourth-order valence-corrected chi connectivity index (χ4v) is 0.918. The Morgan fingerprint density at radius 3 is 2.77 bits per heavy atom. The Balaban J connectivity index is 3.17. The number of carbonyl (C=O) groups excluding carboxylic acids is 1. The van der Waals surface area contributed by atoms with E-state index in [0.717, 1.165) is 5.56 Å². The molecule has 0 fully saturated rings. The van der Waals surface area contributed by atoms with Crippen LogP contribution in [0.1, 0.15) is 5.56 Å². The van der Waals surface area contributed by atoms with Crippen molar-refractivity contribution in [1.82, 2.24) is 0 Å². The Bertz CT molecular complexity index is 348. The average Bonchev–Trinajstić information content (AvgIpc) is 2.04. The van der Waals surface area contributed by atoms with E-state index in [-0.39, 0.29) is 17.9 Å². The maximum atomic E-state index is 10.4. The van der Waals surface area contributed by atoms with Crippen LogP contribution >= 0.6 is 0 Å². The van der Waals surface area contributed by atoms with Gasteiger partial charge in [0.2, 0.25) is 5.75 Å². The third-order valence-electron chi connectivity index (χ3n) is 1.49. The van der Waals surface area contributed by atoms with E-state index in [9.17, 15) is 14.9 Å². The molecule has 1 rings (SSSR count).